The number of anilines is 6. The summed E-state index contributed by atoms with van der Waals surface area (Å²) in [6, 6.07) is 26.2. The Kier molecular flexibility index (Phi) is 59.1. The SMILES string of the molecule is CCCCCCCCCN(CCOCCOCCOCCOCCOCCOCCOCCOCCOCCOCCOCCOCCOCCOCCN(CCCCCCCCC)C(=O)c1ccc[n+](CC(=O)Nc2c(C)ccc(S(=O)(=O)Nc3ccc(NNC=O)cc3)c2C)c1)OCc1ccc[n+](CC(=O)Nc2c(C)ccc(S(=O)(=O)Nc3ccc(NNC=O)cc3)c2C)c1. The maximum atomic E-state index is 14.1. The van der Waals surface area contributed by atoms with Gasteiger partial charge in [-0.1, -0.05) is 103 Å². The van der Waals surface area contributed by atoms with E-state index in [0.717, 1.165) is 50.6 Å². The van der Waals surface area contributed by atoms with E-state index in [1.807, 2.05) is 30.3 Å². The van der Waals surface area contributed by atoms with Gasteiger partial charge in [0.25, 0.3) is 37.8 Å². The van der Waals surface area contributed by atoms with Crippen molar-refractivity contribution in [2.24, 2.45) is 0 Å². The molecule has 0 aliphatic rings. The lowest BCUT2D eigenvalue weighted by Crippen LogP contribution is -2.42. The number of carbonyl (C=O) groups is 5. The van der Waals surface area contributed by atoms with Crippen molar-refractivity contribution in [2.45, 2.75) is 161 Å². The molecule has 0 unspecified atom stereocenters. The van der Waals surface area contributed by atoms with Crippen molar-refractivity contribution >= 4 is 84.7 Å². The molecule has 0 aliphatic heterocycles. The number of hydroxylamine groups is 2. The molecule has 0 fully saturated rings. The maximum Gasteiger partial charge on any atom is 0.290 e. The van der Waals surface area contributed by atoms with Crippen LogP contribution in [0.1, 0.15) is 142 Å². The van der Waals surface area contributed by atoms with Crippen LogP contribution in [0.25, 0.3) is 0 Å². The summed E-state index contributed by atoms with van der Waals surface area (Å²) in [5, 5.41) is 7.79. The van der Waals surface area contributed by atoms with Gasteiger partial charge in [0.15, 0.2) is 24.8 Å². The first-order valence-electron chi connectivity index (χ1n) is 46.0. The molecule has 6 rings (SSSR count). The molecule has 736 valence electrons. The number of sulfonamides is 2. The summed E-state index contributed by atoms with van der Waals surface area (Å²) < 4.78 is 142. The number of nitrogens with zero attached hydrogens (tertiary/aromatic N) is 4. The predicted molar refractivity (Wildman–Crippen MR) is 502 cm³/mol. The fourth-order valence-corrected chi connectivity index (χ4v) is 16.0. The number of hydrogen-bond donors (Lipinski definition) is 8. The minimum absolute atomic E-state index is 0.00794. The quantitative estimate of drug-likeness (QED) is 0.00761. The molecule has 38 heteroatoms. The third-order valence-corrected chi connectivity index (χ3v) is 23.5. The number of amides is 5. The zero-order chi connectivity index (χ0) is 94.6. The lowest BCUT2D eigenvalue weighted by atomic mass is 10.1. The van der Waals surface area contributed by atoms with Crippen LogP contribution in [0, 0.1) is 27.7 Å². The van der Waals surface area contributed by atoms with E-state index in [9.17, 15) is 40.8 Å². The molecule has 36 nitrogen and oxygen atoms in total. The van der Waals surface area contributed by atoms with E-state index in [-0.39, 0.29) is 41.3 Å². The number of benzene rings is 4. The Balaban J connectivity index is 0.680. The van der Waals surface area contributed by atoms with Crippen molar-refractivity contribution in [1.29, 1.82) is 0 Å². The van der Waals surface area contributed by atoms with Crippen molar-refractivity contribution < 1.29 is 121 Å². The number of hydrogen-bond acceptors (Lipinski definition) is 27. The van der Waals surface area contributed by atoms with Crippen molar-refractivity contribution in [3.63, 3.8) is 0 Å². The number of hydrazine groups is 2. The van der Waals surface area contributed by atoms with Crippen LogP contribution in [-0.2, 0) is 130 Å². The number of nitrogens with one attached hydrogen (secondary N) is 8. The molecular formula is C94H146N12O24S2+2. The minimum Gasteiger partial charge on any atom is -0.378 e. The Hall–Kier alpha value is -9.01. The first-order valence-corrected chi connectivity index (χ1v) is 49.0. The van der Waals surface area contributed by atoms with E-state index in [4.69, 9.17) is 71.2 Å². The number of carbonyl (C=O) groups excluding carboxylic acids is 5. The molecule has 6 aromatic rings. The van der Waals surface area contributed by atoms with Gasteiger partial charge in [0.2, 0.25) is 25.9 Å². The Labute approximate surface area is 780 Å². The normalized spacial score (nSPS) is 11.6. The second kappa shape index (κ2) is 69.8. The fraction of sp³-hybridized carbons (Fsp3) is 0.585. The van der Waals surface area contributed by atoms with Crippen LogP contribution in [0.3, 0.4) is 0 Å². The zero-order valence-electron chi connectivity index (χ0n) is 78.3. The lowest BCUT2D eigenvalue weighted by molar-refractivity contribution is -0.684. The van der Waals surface area contributed by atoms with Crippen LogP contribution < -0.4 is 50.9 Å². The summed E-state index contributed by atoms with van der Waals surface area (Å²) >= 11 is 0. The van der Waals surface area contributed by atoms with Crippen LogP contribution in [0.5, 0.6) is 0 Å². The lowest BCUT2D eigenvalue weighted by Gasteiger charge is -2.22. The summed E-state index contributed by atoms with van der Waals surface area (Å²) in [5.41, 5.74) is 15.9. The Bertz CT molecular complexity index is 4400. The highest BCUT2D eigenvalue weighted by Gasteiger charge is 2.26. The average Bonchev–Trinajstić information content (AvgIpc) is 0.791. The van der Waals surface area contributed by atoms with E-state index >= 15 is 0 Å². The molecule has 0 aliphatic carbocycles. The van der Waals surface area contributed by atoms with Crippen molar-refractivity contribution in [1.82, 2.24) is 20.8 Å². The number of aromatic nitrogens is 2. The standard InChI is InChI=1S/C94H144N12O24S2/c1-7-9-11-13-15-17-19-39-105(94(111)83-24-22-38-104(72-83)74-91(110)98-93-79(4)26-36-89(81(93)6)132(114,115)102-87-33-29-85(30-34-87)100-96-77-108)41-43-116-45-47-118-49-51-120-53-55-122-57-59-124-61-63-126-65-67-128-69-70-129-68-66-127-64-62-125-60-58-123-56-54-121-52-50-119-48-46-117-44-42-106(40-20-18-16-14-12-10-8-2)130-75-82-23-21-37-103(71-82)73-90(109)97-92-78(3)25-35-88(80(92)5)131(112,113)101-86-31-27-84(28-32-86)99-95-76-107/h21-38,71-72,76-77,99-102H,7-20,39-70,73-75H2,1-6H3,(H2-2,95,96,97,98,107,108,109,110)/p+2. The van der Waals surface area contributed by atoms with Gasteiger partial charge in [-0.25, -0.2) is 16.8 Å². The second-order valence-corrected chi connectivity index (χ2v) is 34.3. The van der Waals surface area contributed by atoms with Gasteiger partial charge in [-0.05, 0) is 136 Å². The van der Waals surface area contributed by atoms with E-state index in [2.05, 4.69) is 55.6 Å². The van der Waals surface area contributed by atoms with E-state index < -0.39 is 26.0 Å². The monoisotopic (exact) mass is 1890 g/mol. The highest BCUT2D eigenvalue weighted by Crippen LogP contribution is 2.31. The average molecular weight is 1890 g/mol. The van der Waals surface area contributed by atoms with Gasteiger partial charge in [-0.3, -0.25) is 60.0 Å². The molecule has 2 heterocycles. The van der Waals surface area contributed by atoms with E-state index in [0.29, 0.717) is 279 Å². The molecule has 0 radical (unpaired) electrons. The number of pyridine rings is 2. The van der Waals surface area contributed by atoms with Crippen LogP contribution in [-0.4, -0.2) is 269 Å². The first kappa shape index (κ1) is 112. The molecule has 0 atom stereocenters. The Morgan fingerprint density at radius 1 is 0.356 bits per heavy atom. The van der Waals surface area contributed by atoms with E-state index in [1.54, 1.807) is 126 Å². The van der Waals surface area contributed by atoms with Gasteiger partial charge in [-0.15, -0.1) is 0 Å². The van der Waals surface area contributed by atoms with Crippen LogP contribution >= 0.6 is 0 Å². The summed E-state index contributed by atoms with van der Waals surface area (Å²) in [5.74, 6) is -0.910. The summed E-state index contributed by atoms with van der Waals surface area (Å²) in [6.07, 6.45) is 23.9. The van der Waals surface area contributed by atoms with Gasteiger partial charge in [0.05, 0.1) is 213 Å². The fourth-order valence-electron chi connectivity index (χ4n) is 13.4. The number of unbranched alkanes of at least 4 members (excludes halogenated alkanes) is 12. The molecule has 5 amide bonds. The van der Waals surface area contributed by atoms with Crippen LogP contribution in [0.2, 0.25) is 0 Å². The largest absolute Gasteiger partial charge is 0.378 e. The van der Waals surface area contributed by atoms with Gasteiger partial charge >= 0.3 is 0 Å². The molecule has 0 bridgehead atoms. The molecular weight excluding hydrogens is 1750 g/mol. The number of aryl methyl sites for hydroxylation is 2. The third-order valence-electron chi connectivity index (χ3n) is 20.4. The first-order chi connectivity index (χ1) is 64.3. The molecule has 4 aromatic carbocycles. The molecule has 132 heavy (non-hydrogen) atoms. The third kappa shape index (κ3) is 48.8. The van der Waals surface area contributed by atoms with Crippen molar-refractivity contribution in [2.75, 3.05) is 242 Å². The predicted octanol–water partition coefficient (Wildman–Crippen LogP) is 10.1. The molecule has 0 saturated carbocycles. The minimum atomic E-state index is -4.07. The molecule has 8 N–H and O–H groups in total. The highest BCUT2D eigenvalue weighted by molar-refractivity contribution is 7.93. The van der Waals surface area contributed by atoms with Gasteiger partial charge < -0.3 is 81.8 Å². The molecule has 0 spiro atoms. The topological polar surface area (TPSA) is 403 Å². The number of ether oxygens (including phenoxy) is 14. The smallest absolute Gasteiger partial charge is 0.290 e. The summed E-state index contributed by atoms with van der Waals surface area (Å²) in [7, 11) is -8.10. The highest BCUT2D eigenvalue weighted by atomic mass is 32.2. The zero-order valence-corrected chi connectivity index (χ0v) is 79.9. The van der Waals surface area contributed by atoms with E-state index in [1.165, 1.54) is 63.5 Å². The van der Waals surface area contributed by atoms with Crippen LogP contribution in [0.15, 0.2) is 132 Å². The Morgan fingerprint density at radius 2 is 0.674 bits per heavy atom. The van der Waals surface area contributed by atoms with Gasteiger partial charge in [0, 0.05) is 66.6 Å². The molecule has 2 aromatic heterocycles. The van der Waals surface area contributed by atoms with Crippen molar-refractivity contribution in [3.8, 4) is 0 Å². The second-order valence-electron chi connectivity index (χ2n) is 31.0. The van der Waals surface area contributed by atoms with Crippen molar-refractivity contribution in [3.05, 3.63) is 155 Å². The van der Waals surface area contributed by atoms with Gasteiger partial charge in [-0.2, -0.15) is 14.2 Å². The maximum absolute atomic E-state index is 14.1. The Morgan fingerprint density at radius 3 is 1.04 bits per heavy atom. The van der Waals surface area contributed by atoms with Crippen LogP contribution in [0.4, 0.5) is 34.1 Å². The number of rotatable bonds is 83. The summed E-state index contributed by atoms with van der Waals surface area (Å²) in [4.78, 5) is 70.6. The van der Waals surface area contributed by atoms with Gasteiger partial charge in [0.1, 0.15) is 5.56 Å². The summed E-state index contributed by atoms with van der Waals surface area (Å²) in [6.45, 7) is 25.5. The molecule has 0 saturated heterocycles.